The van der Waals surface area contributed by atoms with Crippen LogP contribution in [0.1, 0.15) is 22.8 Å². The van der Waals surface area contributed by atoms with Gasteiger partial charge in [-0.3, -0.25) is 19.7 Å². The number of carbonyl (C=O) groups excluding carboxylic acids is 2. The van der Waals surface area contributed by atoms with E-state index >= 15 is 0 Å². The monoisotopic (exact) mass is 328 g/mol. The van der Waals surface area contributed by atoms with Crippen molar-refractivity contribution >= 4 is 23.1 Å². The number of ether oxygens (including phenoxy) is 1. The standard InChI is InChI=1S/C17H16N2O5/c1-11-6-7-15(19(22)23)16(8-11)24-10-17(21)18-14-5-3-4-13(9-14)12(2)20/h3-9H,10H2,1-2H3,(H,18,21). The van der Waals surface area contributed by atoms with E-state index in [1.54, 1.807) is 37.3 Å². The van der Waals surface area contributed by atoms with Crippen LogP contribution in [0.25, 0.3) is 0 Å². The number of Topliss-reactive ketones (excluding diaryl/α,β-unsaturated/α-hetero) is 1. The number of hydrogen-bond donors (Lipinski definition) is 1. The fourth-order valence-corrected chi connectivity index (χ4v) is 2.04. The minimum Gasteiger partial charge on any atom is -0.477 e. The van der Waals surface area contributed by atoms with Gasteiger partial charge in [-0.15, -0.1) is 0 Å². The van der Waals surface area contributed by atoms with Gasteiger partial charge in [0.05, 0.1) is 4.92 Å². The van der Waals surface area contributed by atoms with E-state index in [9.17, 15) is 19.7 Å². The SMILES string of the molecule is CC(=O)c1cccc(NC(=O)COc2cc(C)ccc2[N+](=O)[O-])c1. The van der Waals surface area contributed by atoms with Crippen molar-refractivity contribution in [2.75, 3.05) is 11.9 Å². The second-order valence-electron chi connectivity index (χ2n) is 5.20. The molecule has 2 aromatic carbocycles. The van der Waals surface area contributed by atoms with Crippen molar-refractivity contribution < 1.29 is 19.2 Å². The third kappa shape index (κ3) is 4.39. The summed E-state index contributed by atoms with van der Waals surface area (Å²) < 4.78 is 5.27. The average Bonchev–Trinajstić information content (AvgIpc) is 2.53. The topological polar surface area (TPSA) is 98.5 Å². The molecule has 0 radical (unpaired) electrons. The van der Waals surface area contributed by atoms with E-state index in [4.69, 9.17) is 4.74 Å². The van der Waals surface area contributed by atoms with E-state index in [-0.39, 0.29) is 23.8 Å². The van der Waals surface area contributed by atoms with Crippen molar-refractivity contribution in [1.82, 2.24) is 0 Å². The van der Waals surface area contributed by atoms with Crippen molar-refractivity contribution in [3.8, 4) is 5.75 Å². The number of aryl methyl sites for hydroxylation is 1. The number of hydrogen-bond acceptors (Lipinski definition) is 5. The molecule has 1 N–H and O–H groups in total. The van der Waals surface area contributed by atoms with Crippen LogP contribution in [0.3, 0.4) is 0 Å². The van der Waals surface area contributed by atoms with Gasteiger partial charge in [0.1, 0.15) is 0 Å². The molecule has 0 heterocycles. The van der Waals surface area contributed by atoms with Gasteiger partial charge in [0.2, 0.25) is 0 Å². The maximum Gasteiger partial charge on any atom is 0.310 e. The number of carbonyl (C=O) groups is 2. The number of nitrogens with one attached hydrogen (secondary N) is 1. The van der Waals surface area contributed by atoms with Gasteiger partial charge in [0.15, 0.2) is 18.1 Å². The average molecular weight is 328 g/mol. The molecule has 2 rings (SSSR count). The Morgan fingerprint density at radius 1 is 1.21 bits per heavy atom. The van der Waals surface area contributed by atoms with Gasteiger partial charge < -0.3 is 10.1 Å². The van der Waals surface area contributed by atoms with Gasteiger partial charge >= 0.3 is 5.69 Å². The number of nitro groups is 1. The number of ketones is 1. The lowest BCUT2D eigenvalue weighted by atomic mass is 10.1. The second kappa shape index (κ2) is 7.36. The van der Waals surface area contributed by atoms with Crippen molar-refractivity contribution in [2.45, 2.75) is 13.8 Å². The smallest absolute Gasteiger partial charge is 0.310 e. The first-order valence-corrected chi connectivity index (χ1v) is 7.15. The zero-order chi connectivity index (χ0) is 17.7. The van der Waals surface area contributed by atoms with Crippen molar-refractivity contribution in [3.05, 3.63) is 63.7 Å². The van der Waals surface area contributed by atoms with Crippen molar-refractivity contribution in [2.24, 2.45) is 0 Å². The quantitative estimate of drug-likeness (QED) is 0.499. The molecule has 0 fully saturated rings. The van der Waals surface area contributed by atoms with E-state index < -0.39 is 10.8 Å². The highest BCUT2D eigenvalue weighted by Gasteiger charge is 2.16. The maximum atomic E-state index is 11.9. The zero-order valence-electron chi connectivity index (χ0n) is 13.2. The highest BCUT2D eigenvalue weighted by molar-refractivity contribution is 5.97. The van der Waals surface area contributed by atoms with Gasteiger partial charge in [0, 0.05) is 17.3 Å². The summed E-state index contributed by atoms with van der Waals surface area (Å²) in [7, 11) is 0. The van der Waals surface area contributed by atoms with Crippen LogP contribution in [-0.4, -0.2) is 23.2 Å². The normalized spacial score (nSPS) is 10.1. The molecule has 24 heavy (non-hydrogen) atoms. The van der Waals surface area contributed by atoms with Crippen LogP contribution in [0.2, 0.25) is 0 Å². The molecule has 0 aliphatic heterocycles. The third-order valence-corrected chi connectivity index (χ3v) is 3.22. The predicted molar refractivity (Wildman–Crippen MR) is 88.4 cm³/mol. The summed E-state index contributed by atoms with van der Waals surface area (Å²) in [5.74, 6) is -0.558. The van der Waals surface area contributed by atoms with Crippen molar-refractivity contribution in [3.63, 3.8) is 0 Å². The minimum atomic E-state index is -0.566. The molecule has 0 saturated heterocycles. The lowest BCUT2D eigenvalue weighted by Gasteiger charge is -2.09. The van der Waals surface area contributed by atoms with E-state index in [0.29, 0.717) is 11.3 Å². The van der Waals surface area contributed by atoms with Crippen LogP contribution in [0.15, 0.2) is 42.5 Å². The number of amides is 1. The Morgan fingerprint density at radius 2 is 1.96 bits per heavy atom. The molecule has 2 aromatic rings. The van der Waals surface area contributed by atoms with E-state index in [2.05, 4.69) is 5.32 Å². The summed E-state index contributed by atoms with van der Waals surface area (Å²) in [6.07, 6.45) is 0. The van der Waals surface area contributed by atoms with Gasteiger partial charge in [0.25, 0.3) is 5.91 Å². The Kier molecular flexibility index (Phi) is 5.26. The Balaban J connectivity index is 2.04. The second-order valence-corrected chi connectivity index (χ2v) is 5.20. The molecule has 124 valence electrons. The molecule has 7 heteroatoms. The molecular formula is C17H16N2O5. The summed E-state index contributed by atoms with van der Waals surface area (Å²) in [6.45, 7) is 2.82. The Hall–Kier alpha value is -3.22. The fraction of sp³-hybridized carbons (Fsp3) is 0.176. The number of rotatable bonds is 6. The number of nitrogens with zero attached hydrogens (tertiary/aromatic N) is 1. The van der Waals surface area contributed by atoms with Crippen LogP contribution >= 0.6 is 0 Å². The van der Waals surface area contributed by atoms with Crippen molar-refractivity contribution in [1.29, 1.82) is 0 Å². The van der Waals surface area contributed by atoms with Crippen LogP contribution < -0.4 is 10.1 Å². The molecule has 0 aliphatic rings. The molecule has 0 atom stereocenters. The molecule has 1 amide bonds. The first kappa shape index (κ1) is 17.1. The highest BCUT2D eigenvalue weighted by Crippen LogP contribution is 2.27. The van der Waals surface area contributed by atoms with Gasteiger partial charge in [-0.05, 0) is 37.6 Å². The lowest BCUT2D eigenvalue weighted by Crippen LogP contribution is -2.20. The maximum absolute atomic E-state index is 11.9. The molecule has 0 spiro atoms. The fourth-order valence-electron chi connectivity index (χ4n) is 2.04. The van der Waals surface area contributed by atoms with Gasteiger partial charge in [-0.25, -0.2) is 0 Å². The van der Waals surface area contributed by atoms with Crippen LogP contribution in [0, 0.1) is 17.0 Å². The minimum absolute atomic E-state index is 0.0348. The van der Waals surface area contributed by atoms with Gasteiger partial charge in [-0.1, -0.05) is 18.2 Å². The number of benzene rings is 2. The lowest BCUT2D eigenvalue weighted by molar-refractivity contribution is -0.385. The molecule has 0 saturated carbocycles. The summed E-state index contributed by atoms with van der Waals surface area (Å²) in [4.78, 5) is 33.7. The van der Waals surface area contributed by atoms with Crippen LogP contribution in [0.5, 0.6) is 5.75 Å². The zero-order valence-corrected chi connectivity index (χ0v) is 13.2. The summed E-state index contributed by atoms with van der Waals surface area (Å²) in [6, 6.07) is 10.9. The Bertz CT molecular complexity index is 801. The molecule has 7 nitrogen and oxygen atoms in total. The van der Waals surface area contributed by atoms with Crippen LogP contribution in [0.4, 0.5) is 11.4 Å². The van der Waals surface area contributed by atoms with Gasteiger partial charge in [-0.2, -0.15) is 0 Å². The Labute approximate surface area is 138 Å². The number of anilines is 1. The Morgan fingerprint density at radius 3 is 2.62 bits per heavy atom. The largest absolute Gasteiger partial charge is 0.477 e. The molecule has 0 unspecified atom stereocenters. The summed E-state index contributed by atoms with van der Waals surface area (Å²) >= 11 is 0. The number of nitro benzene ring substituents is 1. The van der Waals surface area contributed by atoms with E-state index in [1.807, 2.05) is 0 Å². The molecule has 0 bridgehead atoms. The summed E-state index contributed by atoms with van der Waals surface area (Å²) in [5, 5.41) is 13.5. The first-order valence-electron chi connectivity index (χ1n) is 7.15. The molecule has 0 aliphatic carbocycles. The third-order valence-electron chi connectivity index (χ3n) is 3.22. The van der Waals surface area contributed by atoms with E-state index in [0.717, 1.165) is 5.56 Å². The highest BCUT2D eigenvalue weighted by atomic mass is 16.6. The first-order chi connectivity index (χ1) is 11.4. The molecule has 0 aromatic heterocycles. The molecular weight excluding hydrogens is 312 g/mol. The van der Waals surface area contributed by atoms with E-state index in [1.165, 1.54) is 19.1 Å². The van der Waals surface area contributed by atoms with Crippen LogP contribution in [-0.2, 0) is 4.79 Å². The summed E-state index contributed by atoms with van der Waals surface area (Å²) in [5.41, 5.74) is 1.51. The predicted octanol–water partition coefficient (Wildman–Crippen LogP) is 3.12.